The second-order valence-corrected chi connectivity index (χ2v) is 7.00. The molecule has 0 spiro atoms. The van der Waals surface area contributed by atoms with Crippen LogP contribution in [0.4, 0.5) is 0 Å². The molecule has 2 aromatic rings. The molecule has 25 heavy (non-hydrogen) atoms. The Morgan fingerprint density at radius 1 is 1.08 bits per heavy atom. The molecule has 1 fully saturated rings. The van der Waals surface area contributed by atoms with E-state index in [1.54, 1.807) is 6.07 Å². The van der Waals surface area contributed by atoms with Gasteiger partial charge in [-0.3, -0.25) is 9.59 Å². The molecule has 2 bridgehead atoms. The molecule has 3 heterocycles. The number of piperidine rings is 1. The van der Waals surface area contributed by atoms with Crippen molar-refractivity contribution < 1.29 is 4.79 Å². The number of likely N-dealkylation sites (tertiary alicyclic amines) is 1. The summed E-state index contributed by atoms with van der Waals surface area (Å²) in [6.07, 6.45) is 5.11. The largest absolute Gasteiger partial charge is 0.338 e. The van der Waals surface area contributed by atoms with Gasteiger partial charge in [-0.25, -0.2) is 0 Å². The second kappa shape index (κ2) is 6.36. The molecular formula is C21H22N2O2. The smallest absolute Gasteiger partial charge is 0.253 e. The normalized spacial score (nSPS) is 22.0. The van der Waals surface area contributed by atoms with Crippen molar-refractivity contribution in [2.24, 2.45) is 5.92 Å². The number of carbonyl (C=O) groups is 1. The molecule has 0 aliphatic carbocycles. The van der Waals surface area contributed by atoms with Crippen LogP contribution in [0.1, 0.15) is 40.9 Å². The number of hydrogen-bond acceptors (Lipinski definition) is 2. The van der Waals surface area contributed by atoms with E-state index < -0.39 is 0 Å². The van der Waals surface area contributed by atoms with E-state index in [0.29, 0.717) is 19.0 Å². The van der Waals surface area contributed by atoms with Crippen molar-refractivity contribution in [1.29, 1.82) is 0 Å². The molecule has 2 aliphatic heterocycles. The van der Waals surface area contributed by atoms with Gasteiger partial charge in [-0.15, -0.1) is 0 Å². The Morgan fingerprint density at radius 2 is 1.88 bits per heavy atom. The van der Waals surface area contributed by atoms with Crippen molar-refractivity contribution in [3.63, 3.8) is 0 Å². The van der Waals surface area contributed by atoms with Gasteiger partial charge in [0.05, 0.1) is 0 Å². The molecule has 4 rings (SSSR count). The summed E-state index contributed by atoms with van der Waals surface area (Å²) in [5.41, 5.74) is 2.99. The number of fused-ring (bicyclic) bond motifs is 4. The number of benzene rings is 1. The van der Waals surface area contributed by atoms with E-state index in [1.165, 1.54) is 0 Å². The van der Waals surface area contributed by atoms with Crippen LogP contribution >= 0.6 is 0 Å². The third-order valence-electron chi connectivity index (χ3n) is 5.28. The number of allylic oxidation sites excluding steroid dienone is 1. The molecule has 4 heteroatoms. The summed E-state index contributed by atoms with van der Waals surface area (Å²) in [7, 11) is 0. The standard InChI is InChI=1S/C21H22N2O2/c1-2-6-16-9-10-19(24)23-13-15-11-18(20(16)23)14-22(12-15)21(25)17-7-4-3-5-8-17/h2-10,15,18H,11-14H2,1H3. The first-order valence-electron chi connectivity index (χ1n) is 8.88. The Morgan fingerprint density at radius 3 is 2.64 bits per heavy atom. The lowest BCUT2D eigenvalue weighted by molar-refractivity contribution is 0.0594. The van der Waals surface area contributed by atoms with Gasteiger partial charge < -0.3 is 9.47 Å². The number of nitrogens with zero attached hydrogens (tertiary/aromatic N) is 2. The molecule has 2 aliphatic rings. The zero-order valence-corrected chi connectivity index (χ0v) is 14.4. The van der Waals surface area contributed by atoms with Gasteiger partial charge in [-0.05, 0) is 43.0 Å². The minimum absolute atomic E-state index is 0.0702. The van der Waals surface area contributed by atoms with Gasteiger partial charge in [0, 0.05) is 42.9 Å². The molecule has 1 amide bonds. The van der Waals surface area contributed by atoms with Crippen molar-refractivity contribution in [3.05, 3.63) is 75.7 Å². The van der Waals surface area contributed by atoms with E-state index in [4.69, 9.17) is 0 Å². The van der Waals surface area contributed by atoms with E-state index in [-0.39, 0.29) is 17.4 Å². The number of aromatic nitrogens is 1. The maximum absolute atomic E-state index is 12.9. The van der Waals surface area contributed by atoms with Crippen molar-refractivity contribution in [2.75, 3.05) is 13.1 Å². The molecule has 2 unspecified atom stereocenters. The predicted molar refractivity (Wildman–Crippen MR) is 98.6 cm³/mol. The van der Waals surface area contributed by atoms with Crippen LogP contribution in [0, 0.1) is 5.92 Å². The number of pyridine rings is 1. The third kappa shape index (κ3) is 2.82. The third-order valence-corrected chi connectivity index (χ3v) is 5.28. The van der Waals surface area contributed by atoms with Gasteiger partial charge in [0.1, 0.15) is 0 Å². The summed E-state index contributed by atoms with van der Waals surface area (Å²) in [6, 6.07) is 13.0. The molecule has 1 saturated heterocycles. The van der Waals surface area contributed by atoms with E-state index in [0.717, 1.165) is 29.8 Å². The molecule has 1 aromatic carbocycles. The van der Waals surface area contributed by atoms with Crippen LogP contribution < -0.4 is 5.56 Å². The van der Waals surface area contributed by atoms with Gasteiger partial charge in [0.2, 0.25) is 0 Å². The monoisotopic (exact) mass is 334 g/mol. The minimum Gasteiger partial charge on any atom is -0.338 e. The molecule has 0 radical (unpaired) electrons. The van der Waals surface area contributed by atoms with Crippen LogP contribution in [0.15, 0.2) is 53.3 Å². The molecule has 128 valence electrons. The highest BCUT2D eigenvalue weighted by atomic mass is 16.2. The van der Waals surface area contributed by atoms with Crippen LogP contribution in [-0.4, -0.2) is 28.5 Å². The van der Waals surface area contributed by atoms with Gasteiger partial charge in [0.25, 0.3) is 11.5 Å². The summed E-state index contributed by atoms with van der Waals surface area (Å²) in [6.45, 7) is 4.09. The Bertz CT molecular complexity index is 883. The summed E-state index contributed by atoms with van der Waals surface area (Å²) in [5, 5.41) is 0. The summed E-state index contributed by atoms with van der Waals surface area (Å²) in [5.74, 6) is 0.660. The average Bonchev–Trinajstić information content (AvgIpc) is 2.64. The Labute approximate surface area is 147 Å². The quantitative estimate of drug-likeness (QED) is 0.847. The van der Waals surface area contributed by atoms with Crippen molar-refractivity contribution in [2.45, 2.75) is 25.8 Å². The van der Waals surface area contributed by atoms with Gasteiger partial charge in [-0.1, -0.05) is 30.4 Å². The van der Waals surface area contributed by atoms with E-state index >= 15 is 0 Å². The Balaban J connectivity index is 1.70. The molecule has 1 aromatic heterocycles. The lowest BCUT2D eigenvalue weighted by atomic mass is 9.81. The van der Waals surface area contributed by atoms with Crippen LogP contribution in [0.25, 0.3) is 6.08 Å². The van der Waals surface area contributed by atoms with Crippen molar-refractivity contribution in [3.8, 4) is 0 Å². The highest BCUT2D eigenvalue weighted by Crippen LogP contribution is 2.37. The average molecular weight is 334 g/mol. The van der Waals surface area contributed by atoms with Gasteiger partial charge >= 0.3 is 0 Å². The topological polar surface area (TPSA) is 42.3 Å². The fraction of sp³-hybridized carbons (Fsp3) is 0.333. The maximum atomic E-state index is 12.9. The van der Waals surface area contributed by atoms with E-state index in [1.807, 2.05) is 58.9 Å². The molecule has 0 N–H and O–H groups in total. The fourth-order valence-corrected chi connectivity index (χ4v) is 4.30. The van der Waals surface area contributed by atoms with Crippen LogP contribution in [-0.2, 0) is 6.54 Å². The van der Waals surface area contributed by atoms with Gasteiger partial charge in [-0.2, -0.15) is 0 Å². The predicted octanol–water partition coefficient (Wildman–Crippen LogP) is 3.14. The zero-order valence-electron chi connectivity index (χ0n) is 14.4. The fourth-order valence-electron chi connectivity index (χ4n) is 4.30. The molecule has 2 atom stereocenters. The highest BCUT2D eigenvalue weighted by Gasteiger charge is 2.37. The number of amides is 1. The first-order valence-corrected chi connectivity index (χ1v) is 8.88. The minimum atomic E-state index is 0.0702. The first-order chi connectivity index (χ1) is 12.2. The van der Waals surface area contributed by atoms with Crippen LogP contribution in [0.5, 0.6) is 0 Å². The van der Waals surface area contributed by atoms with E-state index in [9.17, 15) is 9.59 Å². The summed E-state index contributed by atoms with van der Waals surface area (Å²) >= 11 is 0. The lowest BCUT2D eigenvalue weighted by Crippen LogP contribution is -2.49. The van der Waals surface area contributed by atoms with E-state index in [2.05, 4.69) is 6.08 Å². The molecule has 0 saturated carbocycles. The molecular weight excluding hydrogens is 312 g/mol. The summed E-state index contributed by atoms with van der Waals surface area (Å²) in [4.78, 5) is 27.2. The number of carbonyl (C=O) groups excluding carboxylic acids is 1. The Kier molecular flexibility index (Phi) is 4.04. The van der Waals surface area contributed by atoms with Crippen molar-refractivity contribution in [1.82, 2.24) is 9.47 Å². The van der Waals surface area contributed by atoms with Crippen molar-refractivity contribution >= 4 is 12.0 Å². The SMILES string of the molecule is CC=Cc1ccc(=O)n2c1C1CC(CN(C(=O)c3ccccc3)C1)C2. The highest BCUT2D eigenvalue weighted by molar-refractivity contribution is 5.94. The first kappa shape index (κ1) is 15.9. The van der Waals surface area contributed by atoms with Crippen LogP contribution in [0.3, 0.4) is 0 Å². The summed E-state index contributed by atoms with van der Waals surface area (Å²) < 4.78 is 1.93. The number of hydrogen-bond donors (Lipinski definition) is 0. The maximum Gasteiger partial charge on any atom is 0.253 e. The molecule has 4 nitrogen and oxygen atoms in total. The van der Waals surface area contributed by atoms with Crippen LogP contribution in [0.2, 0.25) is 0 Å². The second-order valence-electron chi connectivity index (χ2n) is 7.00. The Hall–Kier alpha value is -2.62. The lowest BCUT2D eigenvalue weighted by Gasteiger charge is -2.43. The van der Waals surface area contributed by atoms with Gasteiger partial charge in [0.15, 0.2) is 0 Å². The number of rotatable bonds is 2. The zero-order chi connectivity index (χ0) is 17.4.